The fourth-order valence-electron chi connectivity index (χ4n) is 5.36. The van der Waals surface area contributed by atoms with Gasteiger partial charge in [0, 0.05) is 43.7 Å². The van der Waals surface area contributed by atoms with E-state index in [1.54, 1.807) is 6.07 Å². The summed E-state index contributed by atoms with van der Waals surface area (Å²) in [6.07, 6.45) is 2.93. The van der Waals surface area contributed by atoms with E-state index in [1.165, 1.54) is 16.4 Å². The fourth-order valence-corrected chi connectivity index (χ4v) is 5.36. The van der Waals surface area contributed by atoms with Gasteiger partial charge in [-0.15, -0.1) is 0 Å². The van der Waals surface area contributed by atoms with Gasteiger partial charge in [0.15, 0.2) is 5.82 Å². The normalized spacial score (nSPS) is 21.3. The molecule has 3 aromatic rings. The molecule has 2 amide bonds. The smallest absolute Gasteiger partial charge is 0.254 e. The van der Waals surface area contributed by atoms with Crippen LogP contribution in [-0.4, -0.2) is 51.4 Å². The van der Waals surface area contributed by atoms with Gasteiger partial charge in [-0.2, -0.15) is 20.9 Å². The number of nitrogens with zero attached hydrogens (tertiary/aromatic N) is 6. The summed E-state index contributed by atoms with van der Waals surface area (Å²) < 4.78 is 17.0. The summed E-state index contributed by atoms with van der Waals surface area (Å²) >= 11 is 0. The van der Waals surface area contributed by atoms with E-state index in [9.17, 15) is 20.0 Å². The number of nitrogens with one attached hydrogen (secondary N) is 1. The Bertz CT molecular complexity index is 1650. The molecule has 1 aliphatic carbocycles. The molecule has 0 radical (unpaired) electrons. The number of nitriles is 3. The minimum absolute atomic E-state index is 0.0187. The van der Waals surface area contributed by atoms with E-state index in [-0.39, 0.29) is 36.5 Å². The third-order valence-electron chi connectivity index (χ3n) is 8.45. The van der Waals surface area contributed by atoms with Gasteiger partial charge in [-0.25, -0.2) is 4.39 Å². The molecule has 0 spiro atoms. The van der Waals surface area contributed by atoms with Crippen molar-refractivity contribution in [2.45, 2.75) is 71.1 Å². The molecule has 2 aromatic carbocycles. The summed E-state index contributed by atoms with van der Waals surface area (Å²) in [7, 11) is 0. The van der Waals surface area contributed by atoms with Crippen LogP contribution in [0.5, 0.6) is 5.75 Å². The molecule has 11 nitrogen and oxygen atoms in total. The third kappa shape index (κ3) is 9.16. The fraction of sp³-hybridized carbons (Fsp3) is 0.429. The highest BCUT2D eigenvalue weighted by atomic mass is 19.1. The number of halogens is 1. The molecule has 5 rings (SSSR count). The van der Waals surface area contributed by atoms with Crippen molar-refractivity contribution in [3.8, 4) is 35.1 Å². The Balaban J connectivity index is 0.000000516. The average molecular weight is 641 g/mol. The minimum atomic E-state index is -1.49. The first-order chi connectivity index (χ1) is 22.6. The number of amides is 2. The lowest BCUT2D eigenvalue weighted by molar-refractivity contribution is -0.105. The summed E-state index contributed by atoms with van der Waals surface area (Å²) in [6, 6.07) is 19.7. The zero-order valence-corrected chi connectivity index (χ0v) is 27.0. The number of hydrogen-bond acceptors (Lipinski definition) is 8. The van der Waals surface area contributed by atoms with Crippen LogP contribution >= 0.6 is 0 Å². The molecular weight excluding hydrogens is 599 g/mol. The first-order valence-electron chi connectivity index (χ1n) is 15.6. The molecule has 0 bridgehead atoms. The predicted molar refractivity (Wildman–Crippen MR) is 175 cm³/mol. The van der Waals surface area contributed by atoms with Crippen LogP contribution in [0.2, 0.25) is 0 Å². The van der Waals surface area contributed by atoms with Gasteiger partial charge in [-0.3, -0.25) is 19.2 Å². The maximum absolute atomic E-state index is 15.8. The molecule has 4 N–H and O–H groups in total. The van der Waals surface area contributed by atoms with E-state index in [2.05, 4.69) is 30.3 Å². The highest BCUT2D eigenvalue weighted by Crippen LogP contribution is 2.38. The number of phenolic OH excluding ortho intramolecular Hbond substituents is 1. The first kappa shape index (κ1) is 36.2. The average Bonchev–Trinajstić information content (AvgIpc) is 3.63. The topological polar surface area (TPSA) is 185 Å². The van der Waals surface area contributed by atoms with Crippen molar-refractivity contribution in [2.24, 2.45) is 17.6 Å². The predicted octanol–water partition coefficient (Wildman–Crippen LogP) is 5.42. The second-order valence-electron chi connectivity index (χ2n) is 11.7. The molecule has 246 valence electrons. The molecule has 4 atom stereocenters. The largest absolute Gasteiger partial charge is 0.507 e. The van der Waals surface area contributed by atoms with Crippen LogP contribution < -0.4 is 11.1 Å². The molecular formula is C35H41FN8O3. The maximum Gasteiger partial charge on any atom is 0.254 e. The number of aromatic nitrogens is 2. The minimum Gasteiger partial charge on any atom is -0.507 e. The zero-order chi connectivity index (χ0) is 34.6. The van der Waals surface area contributed by atoms with Crippen LogP contribution in [0.3, 0.4) is 0 Å². The number of primary amides is 1. The van der Waals surface area contributed by atoms with Crippen molar-refractivity contribution < 1.29 is 19.1 Å². The number of alkyl halides is 1. The Morgan fingerprint density at radius 2 is 1.83 bits per heavy atom. The highest BCUT2D eigenvalue weighted by molar-refractivity contribution is 5.99. The summed E-state index contributed by atoms with van der Waals surface area (Å²) in [5, 5.41) is 42.4. The van der Waals surface area contributed by atoms with E-state index in [0.29, 0.717) is 37.8 Å². The SMILES string of the molecule is CC1CC1C#N.CCC#N.CCc1ccc(-c2ccc(CN3CCC(CC#N)(n4cc(C(N)=O)c(NC=O)n4)C(F)C3)cc2O)cc1. The molecule has 1 saturated carbocycles. The van der Waals surface area contributed by atoms with Gasteiger partial charge in [-0.1, -0.05) is 57.2 Å². The Kier molecular flexibility index (Phi) is 13.0. The molecule has 12 heteroatoms. The summed E-state index contributed by atoms with van der Waals surface area (Å²) in [4.78, 5) is 24.6. The molecule has 4 unspecified atom stereocenters. The quantitative estimate of drug-likeness (QED) is 0.259. The van der Waals surface area contributed by atoms with Crippen LogP contribution in [0.25, 0.3) is 11.1 Å². The van der Waals surface area contributed by atoms with Crippen LogP contribution in [0, 0.1) is 45.8 Å². The van der Waals surface area contributed by atoms with Gasteiger partial charge in [0.25, 0.3) is 5.91 Å². The lowest BCUT2D eigenvalue weighted by atomic mass is 9.83. The maximum atomic E-state index is 15.8. The van der Waals surface area contributed by atoms with Crippen molar-refractivity contribution in [3.05, 3.63) is 65.4 Å². The Morgan fingerprint density at radius 1 is 1.17 bits per heavy atom. The van der Waals surface area contributed by atoms with Crippen LogP contribution in [0.15, 0.2) is 48.7 Å². The van der Waals surface area contributed by atoms with Gasteiger partial charge < -0.3 is 16.2 Å². The Morgan fingerprint density at radius 3 is 2.30 bits per heavy atom. The number of anilines is 1. The number of aromatic hydroxyl groups is 1. The standard InChI is InChI=1S/C27H29FN6O3.C5H7N.C3H5N/c1-2-18-3-6-20(7-4-18)21-8-5-19(13-23(21)36)14-33-12-10-27(9-11-29,24(28)16-33)34-15-22(25(30)37)26(32-34)31-17-35;1-4-2-5(4)3-6;1-2-3-4/h3-8,13,15,17,24,36H,2,9-10,12,14,16H2,1H3,(H2,30,37)(H,31,32,35);4-5H,2H2,1H3;2H2,1H3. The lowest BCUT2D eigenvalue weighted by Gasteiger charge is -2.43. The summed E-state index contributed by atoms with van der Waals surface area (Å²) in [5.41, 5.74) is 7.71. The second-order valence-corrected chi connectivity index (χ2v) is 11.7. The molecule has 2 heterocycles. The first-order valence-corrected chi connectivity index (χ1v) is 15.6. The Hall–Kier alpha value is -5.25. The number of piperidine rings is 1. The molecule has 47 heavy (non-hydrogen) atoms. The zero-order valence-electron chi connectivity index (χ0n) is 27.0. The van der Waals surface area contributed by atoms with E-state index in [1.807, 2.05) is 60.4 Å². The number of rotatable bonds is 9. The second kappa shape index (κ2) is 16.9. The van der Waals surface area contributed by atoms with E-state index < -0.39 is 17.6 Å². The van der Waals surface area contributed by atoms with Gasteiger partial charge in [-0.05, 0) is 47.9 Å². The Labute approximate surface area is 275 Å². The number of likely N-dealkylation sites (tertiary alicyclic amines) is 1. The molecule has 1 saturated heterocycles. The summed E-state index contributed by atoms with van der Waals surface area (Å²) in [5.74, 6) is 0.370. The number of nitrogens with two attached hydrogens (primary N) is 1. The number of benzene rings is 2. The van der Waals surface area contributed by atoms with Crippen LogP contribution in [0.4, 0.5) is 10.2 Å². The summed E-state index contributed by atoms with van der Waals surface area (Å²) in [6.45, 7) is 6.89. The number of carbonyl (C=O) groups is 2. The van der Waals surface area contributed by atoms with Crippen molar-refractivity contribution in [2.75, 3.05) is 18.4 Å². The number of aryl methyl sites for hydroxylation is 1. The van der Waals surface area contributed by atoms with Crippen LogP contribution in [-0.2, 0) is 23.3 Å². The lowest BCUT2D eigenvalue weighted by Crippen LogP contribution is -2.54. The number of carbonyl (C=O) groups excluding carboxylic acids is 2. The van der Waals surface area contributed by atoms with Crippen molar-refractivity contribution in [3.63, 3.8) is 0 Å². The van der Waals surface area contributed by atoms with Crippen LogP contribution in [0.1, 0.15) is 67.9 Å². The van der Waals surface area contributed by atoms with Gasteiger partial charge in [0.1, 0.15) is 23.0 Å². The van der Waals surface area contributed by atoms with Crippen molar-refractivity contribution >= 4 is 18.1 Å². The van der Waals surface area contributed by atoms with Gasteiger partial charge in [0.2, 0.25) is 6.41 Å². The highest BCUT2D eigenvalue weighted by Gasteiger charge is 2.46. The number of hydrogen-bond donors (Lipinski definition) is 3. The molecule has 2 aliphatic rings. The van der Waals surface area contributed by atoms with E-state index >= 15 is 4.39 Å². The third-order valence-corrected chi connectivity index (χ3v) is 8.45. The van der Waals surface area contributed by atoms with Gasteiger partial charge in [0.05, 0.1) is 24.6 Å². The van der Waals surface area contributed by atoms with Crippen molar-refractivity contribution in [1.29, 1.82) is 15.8 Å². The van der Waals surface area contributed by atoms with E-state index in [4.69, 9.17) is 16.3 Å². The van der Waals surface area contributed by atoms with Crippen molar-refractivity contribution in [1.82, 2.24) is 14.7 Å². The molecule has 2 fully saturated rings. The number of phenols is 1. The molecule has 1 aromatic heterocycles. The molecule has 1 aliphatic heterocycles. The monoisotopic (exact) mass is 640 g/mol. The van der Waals surface area contributed by atoms with Gasteiger partial charge >= 0.3 is 0 Å². The van der Waals surface area contributed by atoms with E-state index in [0.717, 1.165) is 29.5 Å².